The molecule has 3 heterocycles. The van der Waals surface area contributed by atoms with Crippen LogP contribution in [0.5, 0.6) is 0 Å². The first-order valence-corrected chi connectivity index (χ1v) is 16.8. The molecule has 51 heavy (non-hydrogen) atoms. The zero-order valence-electron chi connectivity index (χ0n) is 29.8. The number of aliphatic imine (C=N–C) groups is 1. The third-order valence-corrected chi connectivity index (χ3v) is 8.77. The highest BCUT2D eigenvalue weighted by atomic mass is 16.5. The highest BCUT2D eigenvalue weighted by Gasteiger charge is 2.59. The Bertz CT molecular complexity index is 1860. The van der Waals surface area contributed by atoms with E-state index in [2.05, 4.69) is 5.32 Å². The molecule has 2 aliphatic heterocycles. The minimum atomic E-state index is -1.90. The maximum Gasteiger partial charge on any atom is 0.372 e. The normalized spacial score (nSPS) is 17.9. The van der Waals surface area contributed by atoms with Gasteiger partial charge in [-0.2, -0.15) is 4.57 Å². The monoisotopic (exact) mass is 694 g/mol. The lowest BCUT2D eigenvalue weighted by atomic mass is 9.83. The van der Waals surface area contributed by atoms with Gasteiger partial charge in [-0.15, -0.1) is 0 Å². The molecule has 2 aliphatic rings. The maximum absolute atomic E-state index is 15.4. The Labute approximate surface area is 297 Å². The van der Waals surface area contributed by atoms with Crippen LogP contribution in [-0.2, 0) is 41.6 Å². The Kier molecular flexibility index (Phi) is 10.8. The number of amides is 3. The lowest BCUT2D eigenvalue weighted by Gasteiger charge is -2.49. The van der Waals surface area contributed by atoms with Gasteiger partial charge in [-0.05, 0) is 37.8 Å². The molecular weight excluding hydrogens is 650 g/mol. The average molecular weight is 695 g/mol. The van der Waals surface area contributed by atoms with Gasteiger partial charge in [0.2, 0.25) is 18.0 Å². The number of methoxy groups -OCH3 is 1. The van der Waals surface area contributed by atoms with Gasteiger partial charge >= 0.3 is 5.97 Å². The number of nitrogens with one attached hydrogen (secondary N) is 1. The minimum Gasteiger partial charge on any atom is -0.476 e. The summed E-state index contributed by atoms with van der Waals surface area (Å²) < 4.78 is 12.6. The molecule has 0 saturated carbocycles. The van der Waals surface area contributed by atoms with Gasteiger partial charge in [0.05, 0.1) is 30.5 Å². The van der Waals surface area contributed by atoms with Gasteiger partial charge in [-0.1, -0.05) is 74.5 Å². The molecule has 0 fully saturated rings. The van der Waals surface area contributed by atoms with Gasteiger partial charge in [0.25, 0.3) is 17.7 Å². The number of benzene rings is 2. The first-order valence-electron chi connectivity index (χ1n) is 16.8. The van der Waals surface area contributed by atoms with Gasteiger partial charge in [-0.25, -0.2) is 9.79 Å². The largest absolute Gasteiger partial charge is 0.476 e. The number of Topliss-reactive ketones (excluding diaryl/α,β-unsaturated/α-hetero) is 1. The van der Waals surface area contributed by atoms with E-state index < -0.39 is 46.7 Å². The van der Waals surface area contributed by atoms with Crippen LogP contribution in [0.1, 0.15) is 56.1 Å². The minimum absolute atomic E-state index is 0.0350. The average Bonchev–Trinajstić information content (AvgIpc) is 3.49. The van der Waals surface area contributed by atoms with Crippen LogP contribution in [0.2, 0.25) is 0 Å². The molecule has 0 saturated heterocycles. The van der Waals surface area contributed by atoms with Crippen LogP contribution in [-0.4, -0.2) is 82.6 Å². The van der Waals surface area contributed by atoms with E-state index in [-0.39, 0.29) is 49.1 Å². The Hall–Kier alpha value is -5.65. The molecule has 0 spiro atoms. The van der Waals surface area contributed by atoms with Crippen LogP contribution in [0.3, 0.4) is 0 Å². The molecule has 3 aromatic rings. The smallest absolute Gasteiger partial charge is 0.372 e. The summed E-state index contributed by atoms with van der Waals surface area (Å²) in [6.07, 6.45) is 4.75. The zero-order chi connectivity index (χ0) is 36.9. The number of ketones is 1. The molecule has 2 aromatic carbocycles. The molecule has 0 unspecified atom stereocenters. The second-order valence-electron chi connectivity index (χ2n) is 13.7. The second-order valence-corrected chi connectivity index (χ2v) is 13.7. The van der Waals surface area contributed by atoms with Gasteiger partial charge in [0, 0.05) is 24.8 Å². The molecule has 1 aromatic heterocycles. The Morgan fingerprint density at radius 2 is 1.65 bits per heavy atom. The van der Waals surface area contributed by atoms with Crippen molar-refractivity contribution in [3.63, 3.8) is 0 Å². The van der Waals surface area contributed by atoms with Crippen LogP contribution < -0.4 is 9.88 Å². The highest BCUT2D eigenvalue weighted by Crippen LogP contribution is 2.41. The van der Waals surface area contributed by atoms with E-state index in [1.165, 1.54) is 23.8 Å². The standard InChI is InChI=1S/C39H43N5O7/c1-26(2)33-35(48)44(39(36(49)40-22-27(3)45,21-28-13-9-7-10-14-28)37-41-38(4,5)25-51-37)31(29-15-11-8-12-16-29)23-43(33)34(47)30-17-19-42(20-18-30)24-32(46)50-6/h7-20,23,26,33H,21-22,24-25H2,1-6H3/p+1/t33-,39-/m1/s1. The molecule has 0 aliphatic carbocycles. The van der Waals surface area contributed by atoms with E-state index in [1.807, 2.05) is 64.1 Å². The quantitative estimate of drug-likeness (QED) is 0.227. The third kappa shape index (κ3) is 7.74. The molecule has 0 bridgehead atoms. The van der Waals surface area contributed by atoms with E-state index in [0.717, 1.165) is 5.56 Å². The molecule has 12 nitrogen and oxygen atoms in total. The van der Waals surface area contributed by atoms with E-state index in [0.29, 0.717) is 5.56 Å². The van der Waals surface area contributed by atoms with Gasteiger partial charge in [0.1, 0.15) is 18.4 Å². The number of aromatic nitrogens is 1. The van der Waals surface area contributed by atoms with E-state index in [4.69, 9.17) is 14.5 Å². The maximum atomic E-state index is 15.4. The van der Waals surface area contributed by atoms with Crippen molar-refractivity contribution in [1.29, 1.82) is 0 Å². The third-order valence-electron chi connectivity index (χ3n) is 8.77. The summed E-state index contributed by atoms with van der Waals surface area (Å²) in [5, 5.41) is 2.78. The SMILES string of the molecule is COC(=O)C[n+]1ccc(C(=O)N2C=C(c3ccccc3)N([C@](Cc3ccccc3)(C(=O)NCC(C)=O)C3=NC(C)(C)CO3)C(=O)[C@H]2C(C)C)cc1. The molecule has 0 radical (unpaired) electrons. The van der Waals surface area contributed by atoms with Crippen LogP contribution >= 0.6 is 0 Å². The van der Waals surface area contributed by atoms with Gasteiger partial charge in [-0.3, -0.25) is 24.1 Å². The van der Waals surface area contributed by atoms with Crippen molar-refractivity contribution in [3.8, 4) is 0 Å². The number of carbonyl (C=O) groups is 5. The Morgan fingerprint density at radius 3 is 2.20 bits per heavy atom. The summed E-state index contributed by atoms with van der Waals surface area (Å²) in [7, 11) is 1.30. The summed E-state index contributed by atoms with van der Waals surface area (Å²) in [6, 6.07) is 20.4. The fraction of sp³-hybridized carbons (Fsp3) is 0.359. The lowest BCUT2D eigenvalue weighted by molar-refractivity contribution is -0.685. The molecule has 1 N–H and O–H groups in total. The number of esters is 1. The second kappa shape index (κ2) is 15.1. The summed E-state index contributed by atoms with van der Waals surface area (Å²) in [6.45, 7) is 8.63. The number of ether oxygens (including phenoxy) is 2. The van der Waals surface area contributed by atoms with Crippen molar-refractivity contribution >= 4 is 41.1 Å². The van der Waals surface area contributed by atoms with E-state index in [9.17, 15) is 19.2 Å². The van der Waals surface area contributed by atoms with E-state index in [1.54, 1.807) is 59.6 Å². The molecule has 12 heteroatoms. The number of rotatable bonds is 12. The Morgan fingerprint density at radius 1 is 1.02 bits per heavy atom. The summed E-state index contributed by atoms with van der Waals surface area (Å²) in [4.78, 5) is 76.4. The predicted molar refractivity (Wildman–Crippen MR) is 189 cm³/mol. The van der Waals surface area contributed by atoms with Crippen molar-refractivity contribution in [1.82, 2.24) is 15.1 Å². The number of carbonyl (C=O) groups excluding carboxylic acids is 5. The number of hydrogen-bond donors (Lipinski definition) is 1. The molecule has 266 valence electrons. The first-order chi connectivity index (χ1) is 24.3. The van der Waals surface area contributed by atoms with Crippen molar-refractivity contribution < 1.29 is 38.0 Å². The summed E-state index contributed by atoms with van der Waals surface area (Å²) in [5.74, 6) is -2.72. The van der Waals surface area contributed by atoms with Crippen molar-refractivity contribution in [2.45, 2.75) is 64.7 Å². The number of nitrogens with zero attached hydrogens (tertiary/aromatic N) is 4. The molecular formula is C39H44N5O7+. The highest BCUT2D eigenvalue weighted by molar-refractivity contribution is 6.17. The molecule has 2 atom stereocenters. The zero-order valence-corrected chi connectivity index (χ0v) is 29.8. The Balaban J connectivity index is 1.76. The van der Waals surface area contributed by atoms with Crippen LogP contribution in [0.15, 0.2) is 96.4 Å². The number of hydrogen-bond acceptors (Lipinski definition) is 8. The van der Waals surface area contributed by atoms with Crippen LogP contribution in [0.25, 0.3) is 5.70 Å². The van der Waals surface area contributed by atoms with Gasteiger partial charge in [0.15, 0.2) is 12.4 Å². The van der Waals surface area contributed by atoms with Gasteiger partial charge < -0.3 is 19.7 Å². The van der Waals surface area contributed by atoms with Crippen molar-refractivity contribution in [2.24, 2.45) is 10.9 Å². The van der Waals surface area contributed by atoms with Crippen molar-refractivity contribution in [3.05, 3.63) is 108 Å². The number of pyridine rings is 1. The molecule has 5 rings (SSSR count). The van der Waals surface area contributed by atoms with E-state index >= 15 is 4.79 Å². The topological polar surface area (TPSA) is 139 Å². The molecule has 3 amide bonds. The summed E-state index contributed by atoms with van der Waals surface area (Å²) in [5.41, 5.74) is -0.789. The van der Waals surface area contributed by atoms with Crippen LogP contribution in [0, 0.1) is 5.92 Å². The van der Waals surface area contributed by atoms with Crippen LogP contribution in [0.4, 0.5) is 0 Å². The fourth-order valence-corrected chi connectivity index (χ4v) is 6.27. The fourth-order valence-electron chi connectivity index (χ4n) is 6.27. The summed E-state index contributed by atoms with van der Waals surface area (Å²) >= 11 is 0. The lowest BCUT2D eigenvalue weighted by Crippen LogP contribution is -2.70. The first kappa shape index (κ1) is 36.6. The van der Waals surface area contributed by atoms with Crippen molar-refractivity contribution in [2.75, 3.05) is 20.3 Å². The predicted octanol–water partition coefficient (Wildman–Crippen LogP) is 3.35.